The lowest BCUT2D eigenvalue weighted by Crippen LogP contribution is -2.14. The summed E-state index contributed by atoms with van der Waals surface area (Å²) in [5, 5.41) is 1.64. The highest BCUT2D eigenvalue weighted by molar-refractivity contribution is 6.31. The highest BCUT2D eigenvalue weighted by Gasteiger charge is 2.27. The van der Waals surface area contributed by atoms with E-state index in [1.165, 1.54) is 34.6 Å². The Labute approximate surface area is 172 Å². The van der Waals surface area contributed by atoms with E-state index < -0.39 is 11.9 Å². The average Bonchev–Trinajstić information content (AvgIpc) is 2.75. The van der Waals surface area contributed by atoms with E-state index in [9.17, 15) is 9.59 Å². The van der Waals surface area contributed by atoms with Crippen LogP contribution in [0.5, 0.6) is 11.5 Å². The number of halogens is 1. The van der Waals surface area contributed by atoms with E-state index in [0.717, 1.165) is 0 Å². The van der Waals surface area contributed by atoms with Gasteiger partial charge in [0.2, 0.25) is 0 Å². The Balaban J connectivity index is 2.55. The number of ether oxygens (including phenoxy) is 4. The largest absolute Gasteiger partial charge is 0.493 e. The van der Waals surface area contributed by atoms with Gasteiger partial charge in [-0.25, -0.2) is 9.59 Å². The number of aromatic nitrogens is 1. The Bertz CT molecular complexity index is 1110. The van der Waals surface area contributed by atoms with Gasteiger partial charge in [-0.1, -0.05) is 11.6 Å². The number of fused-ring (bicyclic) bond motifs is 1. The molecule has 0 fully saturated rings. The summed E-state index contributed by atoms with van der Waals surface area (Å²) in [7, 11) is 5.48. The van der Waals surface area contributed by atoms with E-state index in [0.29, 0.717) is 38.6 Å². The van der Waals surface area contributed by atoms with Gasteiger partial charge < -0.3 is 18.9 Å². The summed E-state index contributed by atoms with van der Waals surface area (Å²) in [6.07, 6.45) is 1.51. The van der Waals surface area contributed by atoms with Gasteiger partial charge in [-0.15, -0.1) is 0 Å². The maximum Gasteiger partial charge on any atom is 0.339 e. The van der Waals surface area contributed by atoms with Gasteiger partial charge in [-0.05, 0) is 41.1 Å². The number of rotatable bonds is 5. The summed E-state index contributed by atoms with van der Waals surface area (Å²) in [6.45, 7) is 0. The second kappa shape index (κ2) is 8.36. The predicted molar refractivity (Wildman–Crippen MR) is 108 cm³/mol. The van der Waals surface area contributed by atoms with Gasteiger partial charge in [0, 0.05) is 16.8 Å². The highest BCUT2D eigenvalue weighted by atomic mass is 35.5. The molecule has 2 aromatic carbocycles. The fraction of sp³-hybridized carbons (Fsp3) is 0.190. The number of methoxy groups -OCH3 is 4. The minimum atomic E-state index is -0.709. The maximum atomic E-state index is 12.7. The number of esters is 2. The molecule has 0 amide bonds. The maximum absolute atomic E-state index is 12.7. The smallest absolute Gasteiger partial charge is 0.339 e. The summed E-state index contributed by atoms with van der Waals surface area (Å²) in [5.74, 6) is -0.485. The van der Waals surface area contributed by atoms with Gasteiger partial charge in [-0.2, -0.15) is 0 Å². The molecule has 0 bridgehead atoms. The quantitative estimate of drug-likeness (QED) is 0.579. The Kier molecular flexibility index (Phi) is 5.89. The van der Waals surface area contributed by atoms with E-state index in [1.807, 2.05) is 0 Å². The molecule has 1 heterocycles. The van der Waals surface area contributed by atoms with E-state index in [-0.39, 0.29) is 11.1 Å². The van der Waals surface area contributed by atoms with Gasteiger partial charge in [0.1, 0.15) is 0 Å². The van der Waals surface area contributed by atoms with Crippen LogP contribution in [-0.2, 0) is 9.47 Å². The van der Waals surface area contributed by atoms with E-state index >= 15 is 0 Å². The zero-order valence-electron chi connectivity index (χ0n) is 16.2. The first-order valence-electron chi connectivity index (χ1n) is 8.46. The average molecular weight is 416 g/mol. The Morgan fingerprint density at radius 1 is 0.897 bits per heavy atom. The predicted octanol–water partition coefficient (Wildman–Crippen LogP) is 4.15. The lowest BCUT2D eigenvalue weighted by Gasteiger charge is -2.17. The van der Waals surface area contributed by atoms with Crippen LogP contribution in [0.15, 0.2) is 36.5 Å². The van der Waals surface area contributed by atoms with Crippen LogP contribution in [0.25, 0.3) is 22.0 Å². The monoisotopic (exact) mass is 415 g/mol. The Morgan fingerprint density at radius 2 is 1.55 bits per heavy atom. The minimum Gasteiger partial charge on any atom is -0.493 e. The van der Waals surface area contributed by atoms with Crippen LogP contribution in [0.4, 0.5) is 0 Å². The summed E-state index contributed by atoms with van der Waals surface area (Å²) in [6, 6.07) is 8.16. The molecular formula is C21H18ClNO6. The van der Waals surface area contributed by atoms with E-state index in [4.69, 9.17) is 30.5 Å². The minimum absolute atomic E-state index is 0.0221. The van der Waals surface area contributed by atoms with Crippen molar-refractivity contribution in [2.45, 2.75) is 0 Å². The van der Waals surface area contributed by atoms with Crippen LogP contribution in [-0.4, -0.2) is 45.4 Å². The molecule has 0 saturated heterocycles. The Morgan fingerprint density at radius 3 is 2.14 bits per heavy atom. The molecule has 3 rings (SSSR count). The normalized spacial score (nSPS) is 10.5. The van der Waals surface area contributed by atoms with Crippen molar-refractivity contribution in [1.29, 1.82) is 0 Å². The Hall–Kier alpha value is -3.32. The van der Waals surface area contributed by atoms with E-state index in [1.54, 1.807) is 30.3 Å². The van der Waals surface area contributed by atoms with Gasteiger partial charge in [0.25, 0.3) is 0 Å². The fourth-order valence-electron chi connectivity index (χ4n) is 3.12. The number of nitrogens with zero attached hydrogens (tertiary/aromatic N) is 1. The standard InChI is InChI=1S/C21H18ClNO6/c1-26-16-8-11-7-14(20(24)28-3)19(21(25)29-4)18(13(11)10-17(16)27-2)15-9-12(22)5-6-23-15/h5-10H,1-4H3. The molecule has 3 aromatic rings. The van der Waals surface area contributed by atoms with Crippen molar-refractivity contribution in [3.63, 3.8) is 0 Å². The van der Waals surface area contributed by atoms with Crippen LogP contribution < -0.4 is 9.47 Å². The number of carbonyl (C=O) groups excluding carboxylic acids is 2. The van der Waals surface area contributed by atoms with Crippen LogP contribution in [0.3, 0.4) is 0 Å². The first kappa shape index (κ1) is 20.4. The molecule has 8 heteroatoms. The first-order valence-corrected chi connectivity index (χ1v) is 8.84. The first-order chi connectivity index (χ1) is 13.9. The molecule has 0 aliphatic rings. The summed E-state index contributed by atoms with van der Waals surface area (Å²) in [4.78, 5) is 29.5. The lowest BCUT2D eigenvalue weighted by atomic mass is 9.91. The lowest BCUT2D eigenvalue weighted by molar-refractivity contribution is 0.0556. The topological polar surface area (TPSA) is 84.0 Å². The molecule has 7 nitrogen and oxygen atoms in total. The van der Waals surface area contributed by atoms with Crippen molar-refractivity contribution in [2.75, 3.05) is 28.4 Å². The molecule has 0 saturated carbocycles. The molecule has 0 aliphatic carbocycles. The molecule has 1 aromatic heterocycles. The third-order valence-electron chi connectivity index (χ3n) is 4.42. The second-order valence-electron chi connectivity index (χ2n) is 5.94. The molecule has 0 atom stereocenters. The van der Waals surface area contributed by atoms with Gasteiger partial charge in [-0.3, -0.25) is 4.98 Å². The number of hydrogen-bond donors (Lipinski definition) is 0. The molecular weight excluding hydrogens is 398 g/mol. The number of benzene rings is 2. The number of carbonyl (C=O) groups is 2. The van der Waals surface area contributed by atoms with Crippen LogP contribution in [0, 0.1) is 0 Å². The van der Waals surface area contributed by atoms with Crippen molar-refractivity contribution in [2.24, 2.45) is 0 Å². The molecule has 0 radical (unpaired) electrons. The van der Waals surface area contributed by atoms with Gasteiger partial charge >= 0.3 is 11.9 Å². The van der Waals surface area contributed by atoms with E-state index in [2.05, 4.69) is 4.98 Å². The molecule has 0 N–H and O–H groups in total. The van der Waals surface area contributed by atoms with Gasteiger partial charge in [0.15, 0.2) is 11.5 Å². The second-order valence-corrected chi connectivity index (χ2v) is 6.38. The van der Waals surface area contributed by atoms with Crippen molar-refractivity contribution in [3.8, 4) is 22.8 Å². The fourth-order valence-corrected chi connectivity index (χ4v) is 3.28. The molecule has 0 unspecified atom stereocenters. The number of pyridine rings is 1. The zero-order chi connectivity index (χ0) is 21.1. The summed E-state index contributed by atoms with van der Waals surface area (Å²) in [5.41, 5.74) is 0.823. The van der Waals surface area contributed by atoms with Crippen LogP contribution in [0.1, 0.15) is 20.7 Å². The molecule has 150 valence electrons. The van der Waals surface area contributed by atoms with Crippen LogP contribution >= 0.6 is 11.6 Å². The van der Waals surface area contributed by atoms with Crippen molar-refractivity contribution >= 4 is 34.3 Å². The van der Waals surface area contributed by atoms with Gasteiger partial charge in [0.05, 0.1) is 45.3 Å². The van der Waals surface area contributed by atoms with Crippen molar-refractivity contribution in [3.05, 3.63) is 52.7 Å². The summed E-state index contributed by atoms with van der Waals surface area (Å²) < 4.78 is 20.6. The summed E-state index contributed by atoms with van der Waals surface area (Å²) >= 11 is 6.16. The third kappa shape index (κ3) is 3.69. The third-order valence-corrected chi connectivity index (χ3v) is 4.65. The van der Waals surface area contributed by atoms with Crippen molar-refractivity contribution in [1.82, 2.24) is 4.98 Å². The highest BCUT2D eigenvalue weighted by Crippen LogP contribution is 2.40. The molecule has 29 heavy (non-hydrogen) atoms. The SMILES string of the molecule is COC(=O)c1cc2cc(OC)c(OC)cc2c(-c2cc(Cl)ccn2)c1C(=O)OC. The van der Waals surface area contributed by atoms with Crippen molar-refractivity contribution < 1.29 is 28.5 Å². The zero-order valence-corrected chi connectivity index (χ0v) is 17.0. The molecule has 0 spiro atoms. The number of hydrogen-bond acceptors (Lipinski definition) is 7. The van der Waals surface area contributed by atoms with Crippen LogP contribution in [0.2, 0.25) is 5.02 Å². The molecule has 0 aliphatic heterocycles.